The second kappa shape index (κ2) is 6.47. The van der Waals surface area contributed by atoms with Crippen LogP contribution >= 0.6 is 0 Å². The third-order valence-corrected chi connectivity index (χ3v) is 2.94. The largest absolute Gasteiger partial charge is 0.434 e. The van der Waals surface area contributed by atoms with Crippen molar-refractivity contribution in [2.75, 3.05) is 0 Å². The van der Waals surface area contributed by atoms with Gasteiger partial charge in [0.25, 0.3) is 0 Å². The highest BCUT2D eigenvalue weighted by molar-refractivity contribution is 5.66. The van der Waals surface area contributed by atoms with Gasteiger partial charge >= 0.3 is 6.61 Å². The number of para-hydroxylation sites is 1. The molecular weight excluding hydrogens is 264 g/mol. The molecule has 0 saturated carbocycles. The van der Waals surface area contributed by atoms with E-state index in [1.54, 1.807) is 24.4 Å². The second-order valence-electron chi connectivity index (χ2n) is 4.45. The molecule has 2 aromatic rings. The van der Waals surface area contributed by atoms with E-state index < -0.39 is 6.61 Å². The molecule has 6 heteroatoms. The fraction of sp³-hybridized carbons (Fsp3) is 0.357. The summed E-state index contributed by atoms with van der Waals surface area (Å²) < 4.78 is 29.3. The Morgan fingerprint density at radius 1 is 1.35 bits per heavy atom. The van der Waals surface area contributed by atoms with Crippen LogP contribution in [-0.4, -0.2) is 16.6 Å². The molecule has 0 amide bonds. The molecule has 1 unspecified atom stereocenters. The lowest BCUT2D eigenvalue weighted by Gasteiger charge is -2.09. The van der Waals surface area contributed by atoms with E-state index in [-0.39, 0.29) is 11.8 Å². The van der Waals surface area contributed by atoms with E-state index in [1.807, 2.05) is 6.92 Å². The molecule has 0 aliphatic heterocycles. The number of nitrogens with one attached hydrogen (secondary N) is 1. The van der Waals surface area contributed by atoms with Crippen LogP contribution in [0.5, 0.6) is 5.75 Å². The zero-order valence-electron chi connectivity index (χ0n) is 11.1. The van der Waals surface area contributed by atoms with Crippen molar-refractivity contribution >= 4 is 0 Å². The first kappa shape index (κ1) is 14.5. The summed E-state index contributed by atoms with van der Waals surface area (Å²) in [7, 11) is 0. The van der Waals surface area contributed by atoms with Crippen LogP contribution < -0.4 is 10.5 Å². The zero-order valence-corrected chi connectivity index (χ0v) is 11.1. The van der Waals surface area contributed by atoms with Crippen molar-refractivity contribution in [1.29, 1.82) is 0 Å². The molecule has 2 rings (SSSR count). The van der Waals surface area contributed by atoms with Crippen molar-refractivity contribution < 1.29 is 13.5 Å². The van der Waals surface area contributed by atoms with Crippen LogP contribution in [0.3, 0.4) is 0 Å². The van der Waals surface area contributed by atoms with Gasteiger partial charge in [0.15, 0.2) is 0 Å². The summed E-state index contributed by atoms with van der Waals surface area (Å²) in [4.78, 5) is 7.27. The first-order chi connectivity index (χ1) is 9.61. The lowest BCUT2D eigenvalue weighted by atomic mass is 10.1. The van der Waals surface area contributed by atoms with E-state index in [0.29, 0.717) is 17.1 Å². The van der Waals surface area contributed by atoms with Crippen molar-refractivity contribution in [2.45, 2.75) is 32.4 Å². The van der Waals surface area contributed by atoms with E-state index >= 15 is 0 Å². The lowest BCUT2D eigenvalue weighted by molar-refractivity contribution is -0.0494. The maximum Gasteiger partial charge on any atom is 0.387 e. The average Bonchev–Trinajstić information content (AvgIpc) is 2.88. The number of imidazole rings is 1. The number of hydrogen-bond donors (Lipinski definition) is 2. The predicted octanol–water partition coefficient (Wildman–Crippen LogP) is 3.48. The minimum absolute atomic E-state index is 0.113. The number of aromatic nitrogens is 2. The quantitative estimate of drug-likeness (QED) is 0.852. The van der Waals surface area contributed by atoms with Gasteiger partial charge in [-0.1, -0.05) is 25.5 Å². The fourth-order valence-electron chi connectivity index (χ4n) is 2.00. The number of alkyl halides is 2. The molecule has 108 valence electrons. The zero-order chi connectivity index (χ0) is 14.5. The molecule has 3 N–H and O–H groups in total. The molecule has 0 aliphatic carbocycles. The Hall–Kier alpha value is -1.95. The van der Waals surface area contributed by atoms with Crippen LogP contribution in [0.2, 0.25) is 0 Å². The Morgan fingerprint density at radius 2 is 2.10 bits per heavy atom. The molecule has 0 spiro atoms. The van der Waals surface area contributed by atoms with Crippen molar-refractivity contribution in [3.8, 4) is 17.0 Å². The lowest BCUT2D eigenvalue weighted by Crippen LogP contribution is -2.11. The van der Waals surface area contributed by atoms with Gasteiger partial charge < -0.3 is 15.5 Å². The number of H-pyrrole nitrogens is 1. The molecule has 0 radical (unpaired) electrons. The van der Waals surface area contributed by atoms with Crippen LogP contribution in [-0.2, 0) is 0 Å². The van der Waals surface area contributed by atoms with Gasteiger partial charge in [0.05, 0.1) is 17.9 Å². The van der Waals surface area contributed by atoms with Crippen LogP contribution in [0.1, 0.15) is 31.6 Å². The third kappa shape index (κ3) is 3.33. The van der Waals surface area contributed by atoms with Crippen LogP contribution in [0.25, 0.3) is 11.3 Å². The minimum Gasteiger partial charge on any atom is -0.434 e. The van der Waals surface area contributed by atoms with Gasteiger partial charge in [0, 0.05) is 5.56 Å². The number of nitrogens with zero attached hydrogens (tertiary/aromatic N) is 1. The molecule has 1 heterocycles. The molecule has 0 bridgehead atoms. The first-order valence-electron chi connectivity index (χ1n) is 6.46. The van der Waals surface area contributed by atoms with Gasteiger partial charge in [-0.2, -0.15) is 8.78 Å². The Kier molecular flexibility index (Phi) is 4.68. The second-order valence-corrected chi connectivity index (χ2v) is 4.45. The van der Waals surface area contributed by atoms with Gasteiger partial charge in [-0.05, 0) is 18.6 Å². The third-order valence-electron chi connectivity index (χ3n) is 2.94. The number of aromatic amines is 1. The molecule has 20 heavy (non-hydrogen) atoms. The van der Waals surface area contributed by atoms with E-state index in [4.69, 9.17) is 5.73 Å². The highest BCUT2D eigenvalue weighted by atomic mass is 19.3. The van der Waals surface area contributed by atoms with E-state index in [0.717, 1.165) is 12.8 Å². The normalized spacial score (nSPS) is 12.7. The SMILES string of the molecule is CCCC(N)c1ncc(-c2ccccc2OC(F)F)[nH]1. The van der Waals surface area contributed by atoms with Crippen molar-refractivity contribution in [3.63, 3.8) is 0 Å². The Bertz CT molecular complexity index is 557. The molecule has 1 aromatic carbocycles. The molecule has 0 aliphatic rings. The Morgan fingerprint density at radius 3 is 2.80 bits per heavy atom. The fourth-order valence-corrected chi connectivity index (χ4v) is 2.00. The monoisotopic (exact) mass is 281 g/mol. The van der Waals surface area contributed by atoms with Crippen molar-refractivity contribution in [3.05, 3.63) is 36.3 Å². The van der Waals surface area contributed by atoms with Crippen molar-refractivity contribution in [2.24, 2.45) is 5.73 Å². The van der Waals surface area contributed by atoms with E-state index in [2.05, 4.69) is 14.7 Å². The number of benzene rings is 1. The molecule has 0 saturated heterocycles. The highest BCUT2D eigenvalue weighted by Crippen LogP contribution is 2.30. The van der Waals surface area contributed by atoms with Gasteiger partial charge in [-0.15, -0.1) is 0 Å². The summed E-state index contributed by atoms with van der Waals surface area (Å²) in [6, 6.07) is 6.40. The molecule has 4 nitrogen and oxygen atoms in total. The van der Waals surface area contributed by atoms with Crippen molar-refractivity contribution in [1.82, 2.24) is 9.97 Å². The topological polar surface area (TPSA) is 63.9 Å². The Labute approximate surface area is 116 Å². The number of nitrogens with two attached hydrogens (primary N) is 1. The summed E-state index contributed by atoms with van der Waals surface area (Å²) >= 11 is 0. The molecular formula is C14H17F2N3O. The van der Waals surface area contributed by atoms with Gasteiger partial charge in [-0.25, -0.2) is 4.98 Å². The molecule has 0 fully saturated rings. The van der Waals surface area contributed by atoms with E-state index in [1.165, 1.54) is 6.07 Å². The van der Waals surface area contributed by atoms with Gasteiger partial charge in [-0.3, -0.25) is 0 Å². The average molecular weight is 281 g/mol. The summed E-state index contributed by atoms with van der Waals surface area (Å²) in [5.74, 6) is 0.760. The summed E-state index contributed by atoms with van der Waals surface area (Å²) in [6.07, 6.45) is 3.34. The smallest absolute Gasteiger partial charge is 0.387 e. The minimum atomic E-state index is -2.86. The maximum absolute atomic E-state index is 12.4. The summed E-state index contributed by atoms with van der Waals surface area (Å²) in [5.41, 5.74) is 7.12. The first-order valence-corrected chi connectivity index (χ1v) is 6.46. The standard InChI is InChI=1S/C14H17F2N3O/c1-2-5-10(17)13-18-8-11(19-13)9-6-3-4-7-12(9)20-14(15)16/h3-4,6-8,10,14H,2,5,17H2,1H3,(H,18,19). The number of halogens is 2. The van der Waals surface area contributed by atoms with Crippen LogP contribution in [0, 0.1) is 0 Å². The van der Waals surface area contributed by atoms with E-state index in [9.17, 15) is 8.78 Å². The maximum atomic E-state index is 12.4. The molecule has 1 aromatic heterocycles. The Balaban J connectivity index is 2.28. The number of hydrogen-bond acceptors (Lipinski definition) is 3. The highest BCUT2D eigenvalue weighted by Gasteiger charge is 2.14. The van der Waals surface area contributed by atoms with Gasteiger partial charge in [0.1, 0.15) is 11.6 Å². The predicted molar refractivity (Wildman–Crippen MR) is 72.5 cm³/mol. The van der Waals surface area contributed by atoms with Crippen LogP contribution in [0.15, 0.2) is 30.5 Å². The summed E-state index contributed by atoms with van der Waals surface area (Å²) in [6.45, 7) is -0.823. The number of rotatable bonds is 6. The van der Waals surface area contributed by atoms with Gasteiger partial charge in [0.2, 0.25) is 0 Å². The summed E-state index contributed by atoms with van der Waals surface area (Å²) in [5, 5.41) is 0. The molecule has 1 atom stereocenters. The number of ether oxygens (including phenoxy) is 1. The van der Waals surface area contributed by atoms with Crippen LogP contribution in [0.4, 0.5) is 8.78 Å².